The molecule has 4 aliphatic heterocycles. The molecule has 3 atom stereocenters. The SMILES string of the molecule is COCCOCCOCCNc1cc(COc2cc3c(cc2OC)C(=O)N2c4ccccc4C[C@H]2CN3)cc(COc2cc3c(cc2OC)C(=O)N2c4ccccc4C[C@H]2C(S(=O)(=O)[O-])N3)c1.[Na+]. The number of nitrogens with zero attached hydrogens (tertiary/aromatic N) is 2. The Balaban J connectivity index is 0.00000625. The number of anilines is 5. The van der Waals surface area contributed by atoms with Crippen molar-refractivity contribution in [2.45, 2.75) is 43.5 Å². The van der Waals surface area contributed by atoms with E-state index in [9.17, 15) is 22.6 Å². The first-order valence-electron chi connectivity index (χ1n) is 22.0. The molecule has 1 unspecified atom stereocenters. The second kappa shape index (κ2) is 21.4. The molecule has 5 aromatic rings. The fraction of sp³-hybridized carbons (Fsp3) is 0.347. The number of methoxy groups -OCH3 is 3. The van der Waals surface area contributed by atoms with Gasteiger partial charge in [-0.2, -0.15) is 0 Å². The minimum Gasteiger partial charge on any atom is -0.746 e. The summed E-state index contributed by atoms with van der Waals surface area (Å²) in [7, 11) is -0.343. The largest absolute Gasteiger partial charge is 1.00 e. The number of carbonyl (C=O) groups is 2. The van der Waals surface area contributed by atoms with Crippen molar-refractivity contribution in [1.82, 2.24) is 0 Å². The summed E-state index contributed by atoms with van der Waals surface area (Å²) in [6, 6.07) is 26.4. The maximum absolute atomic E-state index is 14.2. The summed E-state index contributed by atoms with van der Waals surface area (Å²) >= 11 is 0. The monoisotopic (exact) mass is 957 g/mol. The second-order valence-electron chi connectivity index (χ2n) is 16.5. The molecule has 0 fully saturated rings. The summed E-state index contributed by atoms with van der Waals surface area (Å²) in [6.07, 6.45) is 0.942. The molecule has 0 saturated carbocycles. The number of hydrogen-bond donors (Lipinski definition) is 3. The van der Waals surface area contributed by atoms with Gasteiger partial charge in [0.05, 0.1) is 81.8 Å². The molecule has 2 amide bonds. The molecule has 17 nitrogen and oxygen atoms in total. The van der Waals surface area contributed by atoms with Crippen LogP contribution in [0, 0.1) is 0 Å². The van der Waals surface area contributed by atoms with Gasteiger partial charge < -0.3 is 63.5 Å². The van der Waals surface area contributed by atoms with Crippen LogP contribution >= 0.6 is 0 Å². The fourth-order valence-electron chi connectivity index (χ4n) is 9.19. The summed E-state index contributed by atoms with van der Waals surface area (Å²) in [4.78, 5) is 31.5. The Kier molecular flexibility index (Phi) is 15.4. The van der Waals surface area contributed by atoms with Gasteiger partial charge in [0, 0.05) is 49.4 Å². The van der Waals surface area contributed by atoms with Gasteiger partial charge in [-0.3, -0.25) is 9.59 Å². The molecule has 68 heavy (non-hydrogen) atoms. The van der Waals surface area contributed by atoms with E-state index in [1.54, 1.807) is 37.4 Å². The van der Waals surface area contributed by atoms with Crippen molar-refractivity contribution in [2.24, 2.45) is 0 Å². The number of ether oxygens (including phenoxy) is 7. The van der Waals surface area contributed by atoms with Gasteiger partial charge in [0.2, 0.25) is 0 Å². The van der Waals surface area contributed by atoms with E-state index >= 15 is 0 Å². The van der Waals surface area contributed by atoms with E-state index in [-0.39, 0.29) is 83.9 Å². The molecule has 4 aliphatic rings. The van der Waals surface area contributed by atoms with Crippen molar-refractivity contribution < 1.29 is 85.3 Å². The van der Waals surface area contributed by atoms with Gasteiger partial charge in [0.1, 0.15) is 28.7 Å². The number of rotatable bonds is 19. The third-order valence-corrected chi connectivity index (χ3v) is 13.4. The minimum atomic E-state index is -4.94. The van der Waals surface area contributed by atoms with Gasteiger partial charge in [-0.05, 0) is 77.6 Å². The number of nitrogens with one attached hydrogen (secondary N) is 3. The normalized spacial score (nSPS) is 17.7. The van der Waals surface area contributed by atoms with Crippen LogP contribution in [0.1, 0.15) is 43.0 Å². The molecule has 0 saturated heterocycles. The fourth-order valence-corrected chi connectivity index (χ4v) is 10.1. The van der Waals surface area contributed by atoms with Gasteiger partial charge in [-0.1, -0.05) is 36.4 Å². The molecule has 19 heteroatoms. The Morgan fingerprint density at radius 1 is 0.676 bits per heavy atom. The van der Waals surface area contributed by atoms with Crippen LogP contribution in [0.4, 0.5) is 28.4 Å². The first-order valence-corrected chi connectivity index (χ1v) is 23.5. The Bertz CT molecular complexity index is 2780. The average molecular weight is 958 g/mol. The van der Waals surface area contributed by atoms with Gasteiger partial charge in [-0.25, -0.2) is 8.42 Å². The van der Waals surface area contributed by atoms with E-state index < -0.39 is 27.4 Å². The van der Waals surface area contributed by atoms with Crippen LogP contribution in [-0.2, 0) is 50.4 Å². The first-order chi connectivity index (χ1) is 32.5. The maximum Gasteiger partial charge on any atom is 1.00 e. The Morgan fingerprint density at radius 2 is 1.24 bits per heavy atom. The van der Waals surface area contributed by atoms with Crippen LogP contribution in [0.2, 0.25) is 0 Å². The molecule has 0 radical (unpaired) electrons. The number of carbonyl (C=O) groups excluding carboxylic acids is 2. The summed E-state index contributed by atoms with van der Waals surface area (Å²) < 4.78 is 78.9. The Morgan fingerprint density at radius 3 is 1.87 bits per heavy atom. The molecule has 352 valence electrons. The summed E-state index contributed by atoms with van der Waals surface area (Å²) in [5.74, 6) is 0.707. The predicted molar refractivity (Wildman–Crippen MR) is 250 cm³/mol. The Labute approximate surface area is 417 Å². The van der Waals surface area contributed by atoms with Crippen LogP contribution in [0.15, 0.2) is 91.0 Å². The molecule has 3 N–H and O–H groups in total. The third-order valence-electron chi connectivity index (χ3n) is 12.3. The molecule has 0 spiro atoms. The zero-order chi connectivity index (χ0) is 46.7. The third kappa shape index (κ3) is 10.2. The number of hydrogen-bond acceptors (Lipinski definition) is 15. The van der Waals surface area contributed by atoms with Crippen molar-refractivity contribution >= 4 is 50.4 Å². The smallest absolute Gasteiger partial charge is 0.746 e. The summed E-state index contributed by atoms with van der Waals surface area (Å²) in [5, 5.41) is 8.16. The van der Waals surface area contributed by atoms with Crippen LogP contribution in [0.3, 0.4) is 0 Å². The van der Waals surface area contributed by atoms with E-state index in [2.05, 4.69) is 22.0 Å². The molecule has 0 aliphatic carbocycles. The van der Waals surface area contributed by atoms with Crippen LogP contribution in [0.25, 0.3) is 0 Å². The van der Waals surface area contributed by atoms with E-state index in [0.29, 0.717) is 74.6 Å². The molecular weight excluding hydrogens is 906 g/mol. The van der Waals surface area contributed by atoms with E-state index in [0.717, 1.165) is 40.0 Å². The van der Waals surface area contributed by atoms with Crippen LogP contribution in [-0.4, -0.2) is 110 Å². The van der Waals surface area contributed by atoms with Crippen molar-refractivity contribution in [1.29, 1.82) is 0 Å². The molecule has 5 aromatic carbocycles. The second-order valence-corrected chi connectivity index (χ2v) is 18.0. The van der Waals surface area contributed by atoms with Gasteiger partial charge in [0.15, 0.2) is 23.0 Å². The topological polar surface area (TPSA) is 199 Å². The van der Waals surface area contributed by atoms with E-state index in [4.69, 9.17) is 33.2 Å². The number of fused-ring (bicyclic) bond motifs is 8. The van der Waals surface area contributed by atoms with Crippen molar-refractivity contribution in [2.75, 3.05) is 93.2 Å². The molecule has 4 heterocycles. The maximum atomic E-state index is 14.2. The van der Waals surface area contributed by atoms with Gasteiger partial charge >= 0.3 is 29.6 Å². The zero-order valence-electron chi connectivity index (χ0n) is 38.4. The van der Waals surface area contributed by atoms with Crippen molar-refractivity contribution in [3.8, 4) is 23.0 Å². The van der Waals surface area contributed by atoms with Crippen molar-refractivity contribution in [3.05, 3.63) is 124 Å². The van der Waals surface area contributed by atoms with Gasteiger partial charge in [-0.15, -0.1) is 0 Å². The van der Waals surface area contributed by atoms with E-state index in [1.807, 2.05) is 47.4 Å². The minimum absolute atomic E-state index is 0. The molecular formula is C49H52N5NaO12S. The molecule has 9 rings (SSSR count). The number of benzene rings is 5. The first kappa shape index (κ1) is 48.9. The standard InChI is InChI=1S/C49H53N5O12S.Na/c1-60-14-15-64-17-16-63-13-12-50-34-19-30(28-65-45-25-38-36(23-43(45)61-2)48(55)53-35(27-51-38)21-32-8-4-6-10-40(32)53)18-31(20-34)29-66-46-26-39-37(24-44(46)62-3)49(56)54-41-11-7-5-9-33(41)22-42(54)47(52-39)67(57,58)59;/h4-11,18-20,23-26,35,42,47,50-52H,12-17,21-22,27-29H2,1-3H3,(H,57,58,59);/q;+1/p-1/t35-,42-,47?;/m0./s1. The Hall–Kier alpha value is -5.57. The number of amides is 2. The quantitative estimate of drug-likeness (QED) is 0.0620. The van der Waals surface area contributed by atoms with Crippen molar-refractivity contribution in [3.63, 3.8) is 0 Å². The van der Waals surface area contributed by atoms with Crippen LogP contribution in [0.5, 0.6) is 23.0 Å². The van der Waals surface area contributed by atoms with Crippen LogP contribution < -0.4 is 74.3 Å². The van der Waals surface area contributed by atoms with Gasteiger partial charge in [0.25, 0.3) is 11.8 Å². The zero-order valence-corrected chi connectivity index (χ0v) is 41.2. The summed E-state index contributed by atoms with van der Waals surface area (Å²) in [5.41, 5.74) is 7.03. The summed E-state index contributed by atoms with van der Waals surface area (Å²) in [6.45, 7) is 3.44. The average Bonchev–Trinajstić information content (AvgIpc) is 3.83. The van der Waals surface area contributed by atoms with E-state index in [1.165, 1.54) is 31.3 Å². The number of para-hydroxylation sites is 2. The molecule has 0 aromatic heterocycles. The predicted octanol–water partition coefficient (Wildman–Crippen LogP) is 2.82. The molecule has 0 bridgehead atoms.